The summed E-state index contributed by atoms with van der Waals surface area (Å²) in [5, 5.41) is 7.24. The van der Waals surface area contributed by atoms with Crippen LogP contribution < -0.4 is 10.0 Å². The second-order valence-electron chi connectivity index (χ2n) is 7.94. The van der Waals surface area contributed by atoms with Gasteiger partial charge in [-0.1, -0.05) is 19.0 Å². The Bertz CT molecular complexity index is 626. The summed E-state index contributed by atoms with van der Waals surface area (Å²) < 4.78 is 31.4. The average Bonchev–Trinajstić information content (AvgIpc) is 2.94. The van der Waals surface area contributed by atoms with Crippen LogP contribution in [0.4, 0.5) is 6.01 Å². The Hall–Kier alpha value is -1.15. The lowest BCUT2D eigenvalue weighted by Crippen LogP contribution is -2.42. The first-order chi connectivity index (χ1) is 11.1. The van der Waals surface area contributed by atoms with Crippen molar-refractivity contribution in [3.63, 3.8) is 0 Å². The first kappa shape index (κ1) is 19.2. The molecule has 2 rings (SSSR count). The zero-order valence-electron chi connectivity index (χ0n) is 15.3. The molecule has 0 amide bonds. The monoisotopic (exact) mass is 358 g/mol. The minimum atomic E-state index is -3.26. The molecule has 2 N–H and O–H groups in total. The van der Waals surface area contributed by atoms with Crippen molar-refractivity contribution < 1.29 is 12.9 Å². The topological polar surface area (TPSA) is 97.1 Å². The van der Waals surface area contributed by atoms with E-state index in [4.69, 9.17) is 4.52 Å². The highest BCUT2D eigenvalue weighted by Gasteiger charge is 2.30. The molecule has 0 unspecified atom stereocenters. The maximum absolute atomic E-state index is 12.1. The van der Waals surface area contributed by atoms with Crippen molar-refractivity contribution in [2.45, 2.75) is 77.0 Å². The third-order valence-corrected chi connectivity index (χ3v) is 6.66. The van der Waals surface area contributed by atoms with E-state index in [1.54, 1.807) is 20.8 Å². The second kappa shape index (κ2) is 7.39. The first-order valence-corrected chi connectivity index (χ1v) is 10.2. The van der Waals surface area contributed by atoms with Crippen molar-refractivity contribution in [3.8, 4) is 0 Å². The number of nitrogens with zero attached hydrogens (tertiary/aromatic N) is 2. The molecule has 1 fully saturated rings. The van der Waals surface area contributed by atoms with Gasteiger partial charge in [0.2, 0.25) is 10.0 Å². The van der Waals surface area contributed by atoms with Gasteiger partial charge in [0.25, 0.3) is 0 Å². The standard InChI is InChI=1S/C16H30N4O3S/c1-11(2)14-19-15(23-20-14)18-13-8-6-12(7-9-13)10-17-24(21,22)16(3,4)5/h11-13,17H,6-10H2,1-5H3,(H,18,19,20)/t12-,13-. The Morgan fingerprint density at radius 2 is 1.83 bits per heavy atom. The quantitative estimate of drug-likeness (QED) is 0.811. The van der Waals surface area contributed by atoms with Crippen molar-refractivity contribution in [1.82, 2.24) is 14.9 Å². The summed E-state index contributed by atoms with van der Waals surface area (Å²) >= 11 is 0. The lowest BCUT2D eigenvalue weighted by Gasteiger charge is -2.29. The van der Waals surface area contributed by atoms with Gasteiger partial charge in [0.05, 0.1) is 4.75 Å². The lowest BCUT2D eigenvalue weighted by molar-refractivity contribution is 0.329. The van der Waals surface area contributed by atoms with E-state index in [0.717, 1.165) is 25.7 Å². The van der Waals surface area contributed by atoms with Gasteiger partial charge in [-0.05, 0) is 52.4 Å². The van der Waals surface area contributed by atoms with Crippen molar-refractivity contribution >= 4 is 16.0 Å². The van der Waals surface area contributed by atoms with Crippen LogP contribution >= 0.6 is 0 Å². The van der Waals surface area contributed by atoms with Crippen molar-refractivity contribution in [2.24, 2.45) is 5.92 Å². The smallest absolute Gasteiger partial charge is 0.321 e. The number of nitrogens with one attached hydrogen (secondary N) is 2. The first-order valence-electron chi connectivity index (χ1n) is 8.68. The van der Waals surface area contributed by atoms with Gasteiger partial charge in [0.1, 0.15) is 0 Å². The van der Waals surface area contributed by atoms with Crippen LogP contribution in [0.25, 0.3) is 0 Å². The van der Waals surface area contributed by atoms with Crippen LogP contribution in [0.5, 0.6) is 0 Å². The minimum absolute atomic E-state index is 0.246. The van der Waals surface area contributed by atoms with Crippen LogP contribution in [0.3, 0.4) is 0 Å². The third-order valence-electron chi connectivity index (χ3n) is 4.50. The average molecular weight is 359 g/mol. The molecule has 1 saturated carbocycles. The van der Waals surface area contributed by atoms with Crippen LogP contribution in [0.15, 0.2) is 4.52 Å². The molecule has 0 aromatic carbocycles. The Morgan fingerprint density at radius 3 is 2.33 bits per heavy atom. The molecule has 7 nitrogen and oxygen atoms in total. The van der Waals surface area contributed by atoms with Gasteiger partial charge in [-0.15, -0.1) is 0 Å². The van der Waals surface area contributed by atoms with E-state index in [0.29, 0.717) is 30.3 Å². The van der Waals surface area contributed by atoms with Crippen molar-refractivity contribution in [1.29, 1.82) is 0 Å². The third kappa shape index (κ3) is 4.92. The fourth-order valence-corrected chi connectivity index (χ4v) is 3.55. The summed E-state index contributed by atoms with van der Waals surface area (Å²) in [5.41, 5.74) is 0. The minimum Gasteiger partial charge on any atom is -0.335 e. The number of anilines is 1. The normalized spacial score (nSPS) is 22.8. The van der Waals surface area contributed by atoms with E-state index in [2.05, 4.69) is 20.2 Å². The van der Waals surface area contributed by atoms with Gasteiger partial charge in [-0.2, -0.15) is 4.98 Å². The highest BCUT2D eigenvalue weighted by Crippen LogP contribution is 2.27. The molecule has 0 bridgehead atoms. The van der Waals surface area contributed by atoms with E-state index >= 15 is 0 Å². The Kier molecular flexibility index (Phi) is 5.91. The molecular formula is C16H30N4O3S. The molecule has 0 saturated heterocycles. The maximum Gasteiger partial charge on any atom is 0.321 e. The summed E-state index contributed by atoms with van der Waals surface area (Å²) in [4.78, 5) is 4.34. The SMILES string of the molecule is CC(C)c1noc(N[C@H]2CC[C@H](CNS(=O)(=O)C(C)(C)C)CC2)n1. The number of hydrogen-bond acceptors (Lipinski definition) is 6. The predicted molar refractivity (Wildman–Crippen MR) is 94.4 cm³/mol. The van der Waals surface area contributed by atoms with Gasteiger partial charge >= 0.3 is 6.01 Å². The van der Waals surface area contributed by atoms with Crippen LogP contribution in [0.2, 0.25) is 0 Å². The molecule has 8 heteroatoms. The van der Waals surface area contributed by atoms with E-state index in [1.165, 1.54) is 0 Å². The number of hydrogen-bond donors (Lipinski definition) is 2. The molecule has 1 heterocycles. The molecule has 1 aromatic heterocycles. The summed E-state index contributed by atoms with van der Waals surface area (Å²) in [6.07, 6.45) is 3.91. The molecule has 1 aromatic rings. The van der Waals surface area contributed by atoms with E-state index in [-0.39, 0.29) is 5.92 Å². The molecular weight excluding hydrogens is 328 g/mol. The fourth-order valence-electron chi connectivity index (χ4n) is 2.66. The maximum atomic E-state index is 12.1. The second-order valence-corrected chi connectivity index (χ2v) is 10.5. The largest absolute Gasteiger partial charge is 0.335 e. The van der Waals surface area contributed by atoms with Crippen LogP contribution in [-0.4, -0.2) is 35.9 Å². The van der Waals surface area contributed by atoms with Crippen LogP contribution in [-0.2, 0) is 10.0 Å². The molecule has 0 spiro atoms. The highest BCUT2D eigenvalue weighted by molar-refractivity contribution is 7.90. The van der Waals surface area contributed by atoms with Crippen LogP contribution in [0.1, 0.15) is 72.0 Å². The zero-order valence-corrected chi connectivity index (χ0v) is 16.1. The van der Waals surface area contributed by atoms with Gasteiger partial charge in [-0.25, -0.2) is 13.1 Å². The van der Waals surface area contributed by atoms with Gasteiger partial charge in [0, 0.05) is 18.5 Å². The Morgan fingerprint density at radius 1 is 1.21 bits per heavy atom. The summed E-state index contributed by atoms with van der Waals surface area (Å²) in [5.74, 6) is 1.34. The predicted octanol–water partition coefficient (Wildman–Crippen LogP) is 2.88. The number of rotatable bonds is 6. The van der Waals surface area contributed by atoms with E-state index < -0.39 is 14.8 Å². The number of aromatic nitrogens is 2. The summed E-state index contributed by atoms with van der Waals surface area (Å²) in [6.45, 7) is 9.71. The zero-order chi connectivity index (χ0) is 18.0. The summed E-state index contributed by atoms with van der Waals surface area (Å²) in [6, 6.07) is 0.788. The number of sulfonamides is 1. The highest BCUT2D eigenvalue weighted by atomic mass is 32.2. The van der Waals surface area contributed by atoms with Gasteiger partial charge < -0.3 is 9.84 Å². The van der Waals surface area contributed by atoms with Gasteiger partial charge in [0.15, 0.2) is 5.82 Å². The van der Waals surface area contributed by atoms with Gasteiger partial charge in [-0.3, -0.25) is 0 Å². The molecule has 24 heavy (non-hydrogen) atoms. The molecule has 138 valence electrons. The van der Waals surface area contributed by atoms with E-state index in [9.17, 15) is 8.42 Å². The molecule has 0 atom stereocenters. The molecule has 0 radical (unpaired) electrons. The summed E-state index contributed by atoms with van der Waals surface area (Å²) in [7, 11) is -3.26. The Labute approximate surface area is 145 Å². The molecule has 0 aliphatic heterocycles. The fraction of sp³-hybridized carbons (Fsp3) is 0.875. The Balaban J connectivity index is 1.77. The molecule has 1 aliphatic rings. The lowest BCUT2D eigenvalue weighted by atomic mass is 9.86. The van der Waals surface area contributed by atoms with Crippen molar-refractivity contribution in [2.75, 3.05) is 11.9 Å². The molecule has 1 aliphatic carbocycles. The van der Waals surface area contributed by atoms with Crippen molar-refractivity contribution in [3.05, 3.63) is 5.82 Å². The van der Waals surface area contributed by atoms with Crippen LogP contribution in [0, 0.1) is 5.92 Å². The van der Waals surface area contributed by atoms with E-state index in [1.807, 2.05) is 13.8 Å².